The van der Waals surface area contributed by atoms with Crippen molar-refractivity contribution in [3.63, 3.8) is 0 Å². The molecule has 1 saturated heterocycles. The van der Waals surface area contributed by atoms with Gasteiger partial charge in [0.1, 0.15) is 6.61 Å². The molecule has 1 fully saturated rings. The second-order valence-corrected chi connectivity index (χ2v) is 8.37. The Morgan fingerprint density at radius 3 is 2.21 bits per heavy atom. The summed E-state index contributed by atoms with van der Waals surface area (Å²) in [7, 11) is -0.374. The van der Waals surface area contributed by atoms with Gasteiger partial charge in [-0.15, -0.1) is 0 Å². The molecule has 0 amide bonds. The number of aromatic nitrogens is 1. The number of rotatable bonds is 5. The predicted molar refractivity (Wildman–Crippen MR) is 116 cm³/mol. The lowest BCUT2D eigenvalue weighted by Crippen LogP contribution is -2.41. The van der Waals surface area contributed by atoms with Crippen molar-refractivity contribution in [3.05, 3.63) is 78.5 Å². The Balaban J connectivity index is 1.47. The molecular formula is C24H26BNO3. The molecule has 4 rings (SSSR count). The van der Waals surface area contributed by atoms with Crippen LogP contribution in [0.25, 0.3) is 11.1 Å². The summed E-state index contributed by atoms with van der Waals surface area (Å²) in [4.78, 5) is 4.46. The summed E-state index contributed by atoms with van der Waals surface area (Å²) in [5, 5.41) is 0. The lowest BCUT2D eigenvalue weighted by molar-refractivity contribution is 0.00578. The molecule has 2 aromatic carbocycles. The summed E-state index contributed by atoms with van der Waals surface area (Å²) in [6.45, 7) is 8.76. The normalized spacial score (nSPS) is 17.3. The van der Waals surface area contributed by atoms with Gasteiger partial charge in [-0.2, -0.15) is 0 Å². The number of benzene rings is 2. The van der Waals surface area contributed by atoms with Crippen LogP contribution in [0.4, 0.5) is 0 Å². The van der Waals surface area contributed by atoms with Crippen molar-refractivity contribution >= 4 is 12.6 Å². The first-order chi connectivity index (χ1) is 13.8. The second-order valence-electron chi connectivity index (χ2n) is 8.37. The topological polar surface area (TPSA) is 40.6 Å². The van der Waals surface area contributed by atoms with Gasteiger partial charge in [-0.25, -0.2) is 4.98 Å². The van der Waals surface area contributed by atoms with Gasteiger partial charge >= 0.3 is 7.12 Å². The highest BCUT2D eigenvalue weighted by atomic mass is 16.7. The third-order valence-electron chi connectivity index (χ3n) is 5.71. The van der Waals surface area contributed by atoms with Crippen molar-refractivity contribution < 1.29 is 14.0 Å². The molecule has 0 atom stereocenters. The Bertz CT molecular complexity index is 955. The summed E-state index contributed by atoms with van der Waals surface area (Å²) in [5.41, 5.74) is 3.51. The lowest BCUT2D eigenvalue weighted by atomic mass is 9.78. The standard InChI is InChI=1S/C24H26BNO3/c1-23(2)24(3,4)29-25(28-23)21-12-8-11-19(15-21)20-13-14-22(26-16-20)27-17-18-9-6-5-7-10-18/h5-16H,17H2,1-4H3. The Morgan fingerprint density at radius 1 is 0.828 bits per heavy atom. The van der Waals surface area contributed by atoms with E-state index in [1.165, 1.54) is 0 Å². The van der Waals surface area contributed by atoms with Gasteiger partial charge in [0, 0.05) is 17.8 Å². The molecule has 5 heteroatoms. The van der Waals surface area contributed by atoms with Crippen molar-refractivity contribution in [3.8, 4) is 17.0 Å². The quantitative estimate of drug-likeness (QED) is 0.599. The second kappa shape index (κ2) is 7.66. The molecule has 3 aromatic rings. The molecule has 0 spiro atoms. The van der Waals surface area contributed by atoms with Crippen molar-refractivity contribution in [2.45, 2.75) is 45.5 Å². The molecule has 1 aromatic heterocycles. The maximum Gasteiger partial charge on any atom is 0.494 e. The summed E-state index contributed by atoms with van der Waals surface area (Å²) in [6.07, 6.45) is 1.84. The number of ether oxygens (including phenoxy) is 1. The Kier molecular flexibility index (Phi) is 5.20. The van der Waals surface area contributed by atoms with E-state index < -0.39 is 0 Å². The van der Waals surface area contributed by atoms with Gasteiger partial charge in [0.25, 0.3) is 0 Å². The highest BCUT2D eigenvalue weighted by Crippen LogP contribution is 2.36. The fourth-order valence-corrected chi connectivity index (χ4v) is 3.21. The molecule has 0 bridgehead atoms. The van der Waals surface area contributed by atoms with E-state index >= 15 is 0 Å². The third-order valence-corrected chi connectivity index (χ3v) is 5.71. The first-order valence-corrected chi connectivity index (χ1v) is 9.93. The zero-order valence-corrected chi connectivity index (χ0v) is 17.4. The lowest BCUT2D eigenvalue weighted by Gasteiger charge is -2.32. The average Bonchev–Trinajstić information content (AvgIpc) is 2.95. The van der Waals surface area contributed by atoms with Crippen LogP contribution in [0.2, 0.25) is 0 Å². The summed E-state index contributed by atoms with van der Waals surface area (Å²) >= 11 is 0. The van der Waals surface area contributed by atoms with Gasteiger partial charge in [0.2, 0.25) is 5.88 Å². The van der Waals surface area contributed by atoms with E-state index in [1.807, 2.05) is 60.8 Å². The number of nitrogens with zero attached hydrogens (tertiary/aromatic N) is 1. The van der Waals surface area contributed by atoms with Crippen molar-refractivity contribution in [2.75, 3.05) is 0 Å². The maximum absolute atomic E-state index is 6.18. The molecule has 0 saturated carbocycles. The molecule has 4 nitrogen and oxygen atoms in total. The highest BCUT2D eigenvalue weighted by molar-refractivity contribution is 6.62. The van der Waals surface area contributed by atoms with Crippen molar-refractivity contribution in [1.29, 1.82) is 0 Å². The fraction of sp³-hybridized carbons (Fsp3) is 0.292. The molecule has 0 N–H and O–H groups in total. The Labute approximate surface area is 173 Å². The molecule has 0 aliphatic carbocycles. The minimum absolute atomic E-state index is 0.354. The first kappa shape index (κ1) is 19.7. The number of hydrogen-bond acceptors (Lipinski definition) is 4. The molecule has 2 heterocycles. The summed E-state index contributed by atoms with van der Waals surface area (Å²) in [5.74, 6) is 0.611. The van der Waals surface area contributed by atoms with E-state index in [0.29, 0.717) is 12.5 Å². The zero-order valence-electron chi connectivity index (χ0n) is 17.4. The molecule has 1 aliphatic rings. The fourth-order valence-electron chi connectivity index (χ4n) is 3.21. The van der Waals surface area contributed by atoms with E-state index in [4.69, 9.17) is 14.0 Å². The van der Waals surface area contributed by atoms with Gasteiger partial charge in [-0.3, -0.25) is 0 Å². The molecule has 0 unspecified atom stereocenters. The van der Waals surface area contributed by atoms with Gasteiger partial charge in [-0.1, -0.05) is 54.6 Å². The van der Waals surface area contributed by atoms with E-state index in [2.05, 4.69) is 44.8 Å². The minimum Gasteiger partial charge on any atom is -0.473 e. The number of pyridine rings is 1. The highest BCUT2D eigenvalue weighted by Gasteiger charge is 2.51. The predicted octanol–water partition coefficient (Wildman–Crippen LogP) is 4.63. The van der Waals surface area contributed by atoms with E-state index in [-0.39, 0.29) is 18.3 Å². The summed E-state index contributed by atoms with van der Waals surface area (Å²) in [6, 6.07) is 22.2. The van der Waals surface area contributed by atoms with Gasteiger partial charge in [0.05, 0.1) is 11.2 Å². The summed E-state index contributed by atoms with van der Waals surface area (Å²) < 4.78 is 18.1. The Morgan fingerprint density at radius 2 is 1.55 bits per heavy atom. The maximum atomic E-state index is 6.18. The van der Waals surface area contributed by atoms with Gasteiger partial charge in [-0.05, 0) is 50.4 Å². The molecule has 1 aliphatic heterocycles. The smallest absolute Gasteiger partial charge is 0.473 e. The monoisotopic (exact) mass is 387 g/mol. The van der Waals surface area contributed by atoms with E-state index in [1.54, 1.807) is 0 Å². The minimum atomic E-state index is -0.374. The van der Waals surface area contributed by atoms with Crippen LogP contribution in [-0.2, 0) is 15.9 Å². The number of hydrogen-bond donors (Lipinski definition) is 0. The molecular weight excluding hydrogens is 361 g/mol. The average molecular weight is 387 g/mol. The van der Waals surface area contributed by atoms with Crippen molar-refractivity contribution in [1.82, 2.24) is 4.98 Å². The van der Waals surface area contributed by atoms with Crippen LogP contribution >= 0.6 is 0 Å². The third kappa shape index (κ3) is 4.21. The first-order valence-electron chi connectivity index (χ1n) is 9.93. The largest absolute Gasteiger partial charge is 0.494 e. The van der Waals surface area contributed by atoms with Crippen LogP contribution in [0, 0.1) is 0 Å². The van der Waals surface area contributed by atoms with Crippen LogP contribution in [0.5, 0.6) is 5.88 Å². The van der Waals surface area contributed by atoms with E-state index in [0.717, 1.165) is 22.2 Å². The van der Waals surface area contributed by atoms with Gasteiger partial charge in [0.15, 0.2) is 0 Å². The van der Waals surface area contributed by atoms with Crippen molar-refractivity contribution in [2.24, 2.45) is 0 Å². The van der Waals surface area contributed by atoms with Crippen LogP contribution < -0.4 is 10.2 Å². The SMILES string of the molecule is CC1(C)OB(c2cccc(-c3ccc(OCc4ccccc4)nc3)c2)OC1(C)C. The molecule has 29 heavy (non-hydrogen) atoms. The van der Waals surface area contributed by atoms with E-state index in [9.17, 15) is 0 Å². The van der Waals surface area contributed by atoms with Crippen LogP contribution in [0.15, 0.2) is 72.9 Å². The van der Waals surface area contributed by atoms with Crippen LogP contribution in [0.3, 0.4) is 0 Å². The van der Waals surface area contributed by atoms with Gasteiger partial charge < -0.3 is 14.0 Å². The molecule has 148 valence electrons. The molecule has 0 radical (unpaired) electrons. The van der Waals surface area contributed by atoms with Crippen LogP contribution in [-0.4, -0.2) is 23.3 Å². The zero-order chi connectivity index (χ0) is 20.5. The van der Waals surface area contributed by atoms with Crippen LogP contribution in [0.1, 0.15) is 33.3 Å². The Hall–Kier alpha value is -2.63.